The van der Waals surface area contributed by atoms with Crippen LogP contribution in [0.4, 0.5) is 0 Å². The van der Waals surface area contributed by atoms with E-state index >= 15 is 0 Å². The van der Waals surface area contributed by atoms with Gasteiger partial charge in [0.2, 0.25) is 5.91 Å². The SMILES string of the molecule is CCCC1(C(=O)N2CC(O)C[C@H]2C(=O)O)CCCN1. The number of nitrogens with one attached hydrogen (secondary N) is 1. The molecule has 6 heteroatoms. The van der Waals surface area contributed by atoms with E-state index < -0.39 is 23.7 Å². The Bertz CT molecular complexity index is 366. The minimum absolute atomic E-state index is 0.128. The number of hydrogen-bond donors (Lipinski definition) is 3. The van der Waals surface area contributed by atoms with Crippen LogP contribution in [-0.4, -0.2) is 57.8 Å². The van der Waals surface area contributed by atoms with E-state index in [1.165, 1.54) is 4.90 Å². The van der Waals surface area contributed by atoms with Crippen molar-refractivity contribution in [3.63, 3.8) is 0 Å². The van der Waals surface area contributed by atoms with Crippen molar-refractivity contribution in [2.75, 3.05) is 13.1 Å². The average Bonchev–Trinajstić information content (AvgIpc) is 2.96. The Morgan fingerprint density at radius 3 is 2.74 bits per heavy atom. The number of nitrogens with zero attached hydrogens (tertiary/aromatic N) is 1. The first kappa shape index (κ1) is 14.3. The highest BCUT2D eigenvalue weighted by Gasteiger charge is 2.48. The number of carboxylic acids is 1. The average molecular weight is 270 g/mol. The molecule has 1 amide bonds. The molecule has 2 unspecified atom stereocenters. The summed E-state index contributed by atoms with van der Waals surface area (Å²) in [5, 5.41) is 22.1. The van der Waals surface area contributed by atoms with E-state index in [2.05, 4.69) is 5.32 Å². The molecule has 2 saturated heterocycles. The second-order valence-corrected chi connectivity index (χ2v) is 5.56. The van der Waals surface area contributed by atoms with E-state index in [1.807, 2.05) is 6.92 Å². The van der Waals surface area contributed by atoms with Crippen molar-refractivity contribution in [2.45, 2.75) is 56.7 Å². The number of β-amino-alcohol motifs (C(OH)–C–C–N with tert-alkyl or cyclic N) is 1. The first-order chi connectivity index (χ1) is 9.00. The van der Waals surface area contributed by atoms with Crippen LogP contribution in [-0.2, 0) is 9.59 Å². The summed E-state index contributed by atoms with van der Waals surface area (Å²) in [4.78, 5) is 25.3. The number of carbonyl (C=O) groups excluding carboxylic acids is 1. The first-order valence-electron chi connectivity index (χ1n) is 6.97. The van der Waals surface area contributed by atoms with Crippen molar-refractivity contribution in [3.8, 4) is 0 Å². The van der Waals surface area contributed by atoms with Gasteiger partial charge in [-0.25, -0.2) is 4.79 Å². The lowest BCUT2D eigenvalue weighted by Crippen LogP contribution is -2.57. The van der Waals surface area contributed by atoms with Crippen molar-refractivity contribution in [1.82, 2.24) is 10.2 Å². The molecule has 2 heterocycles. The summed E-state index contributed by atoms with van der Waals surface area (Å²) in [5.41, 5.74) is -0.619. The summed E-state index contributed by atoms with van der Waals surface area (Å²) >= 11 is 0. The Balaban J connectivity index is 2.19. The highest BCUT2D eigenvalue weighted by molar-refractivity contribution is 5.91. The molecular formula is C13H22N2O4. The molecule has 2 fully saturated rings. The summed E-state index contributed by atoms with van der Waals surface area (Å²) in [5.74, 6) is -1.19. The van der Waals surface area contributed by atoms with Gasteiger partial charge in [0.15, 0.2) is 0 Å². The van der Waals surface area contributed by atoms with Crippen molar-refractivity contribution in [2.24, 2.45) is 0 Å². The van der Waals surface area contributed by atoms with Gasteiger partial charge in [0.25, 0.3) is 0 Å². The highest BCUT2D eigenvalue weighted by atomic mass is 16.4. The zero-order valence-electron chi connectivity index (χ0n) is 11.3. The van der Waals surface area contributed by atoms with Gasteiger partial charge in [0.05, 0.1) is 11.6 Å². The zero-order valence-corrected chi connectivity index (χ0v) is 11.3. The van der Waals surface area contributed by atoms with Gasteiger partial charge in [-0.2, -0.15) is 0 Å². The second kappa shape index (κ2) is 5.46. The topological polar surface area (TPSA) is 89.9 Å². The van der Waals surface area contributed by atoms with Gasteiger partial charge in [-0.05, 0) is 25.8 Å². The van der Waals surface area contributed by atoms with Crippen LogP contribution in [0.3, 0.4) is 0 Å². The molecule has 0 spiro atoms. The number of carbonyl (C=O) groups is 2. The number of rotatable bonds is 4. The molecule has 0 aliphatic carbocycles. The molecule has 108 valence electrons. The van der Waals surface area contributed by atoms with Gasteiger partial charge < -0.3 is 20.4 Å². The minimum atomic E-state index is -1.03. The normalized spacial score (nSPS) is 34.7. The van der Waals surface area contributed by atoms with Crippen molar-refractivity contribution in [3.05, 3.63) is 0 Å². The summed E-state index contributed by atoms with van der Waals surface area (Å²) in [6, 6.07) is -0.890. The molecule has 3 atom stereocenters. The number of aliphatic carboxylic acids is 1. The number of amides is 1. The van der Waals surface area contributed by atoms with Crippen LogP contribution in [0.15, 0.2) is 0 Å². The van der Waals surface area contributed by atoms with Crippen LogP contribution >= 0.6 is 0 Å². The van der Waals surface area contributed by atoms with Crippen LogP contribution in [0, 0.1) is 0 Å². The van der Waals surface area contributed by atoms with Crippen molar-refractivity contribution in [1.29, 1.82) is 0 Å². The smallest absolute Gasteiger partial charge is 0.326 e. The van der Waals surface area contributed by atoms with Crippen LogP contribution < -0.4 is 5.32 Å². The van der Waals surface area contributed by atoms with Gasteiger partial charge in [-0.3, -0.25) is 4.79 Å². The molecule has 19 heavy (non-hydrogen) atoms. The van der Waals surface area contributed by atoms with E-state index in [1.54, 1.807) is 0 Å². The molecule has 0 bridgehead atoms. The molecule has 2 aliphatic rings. The zero-order chi connectivity index (χ0) is 14.0. The maximum Gasteiger partial charge on any atom is 0.326 e. The third-order valence-corrected chi connectivity index (χ3v) is 4.15. The molecule has 0 aromatic rings. The van der Waals surface area contributed by atoms with Gasteiger partial charge in [-0.15, -0.1) is 0 Å². The Morgan fingerprint density at radius 1 is 1.47 bits per heavy atom. The number of carboxylic acid groups (broad SMARTS) is 1. The fourth-order valence-electron chi connectivity index (χ4n) is 3.28. The van der Waals surface area contributed by atoms with E-state index in [4.69, 9.17) is 0 Å². The lowest BCUT2D eigenvalue weighted by Gasteiger charge is -2.34. The molecule has 0 aromatic carbocycles. The maximum atomic E-state index is 12.7. The fourth-order valence-corrected chi connectivity index (χ4v) is 3.28. The number of likely N-dealkylation sites (tertiary alicyclic amines) is 1. The van der Waals surface area contributed by atoms with Gasteiger partial charge >= 0.3 is 5.97 Å². The Kier molecular flexibility index (Phi) is 4.10. The summed E-state index contributed by atoms with van der Waals surface area (Å²) in [6.07, 6.45) is 2.66. The minimum Gasteiger partial charge on any atom is -0.480 e. The third kappa shape index (κ3) is 2.60. The quantitative estimate of drug-likeness (QED) is 0.666. The summed E-state index contributed by atoms with van der Waals surface area (Å²) < 4.78 is 0. The largest absolute Gasteiger partial charge is 0.480 e. The highest BCUT2D eigenvalue weighted by Crippen LogP contribution is 2.30. The molecule has 0 saturated carbocycles. The molecule has 2 aliphatic heterocycles. The predicted octanol–water partition coefficient (Wildman–Crippen LogP) is -0.0449. The van der Waals surface area contributed by atoms with Gasteiger partial charge in [0.1, 0.15) is 6.04 Å². The molecule has 6 nitrogen and oxygen atoms in total. The number of hydrogen-bond acceptors (Lipinski definition) is 4. The standard InChI is InChI=1S/C13H22N2O4/c1-2-4-13(5-3-6-14-13)12(19)15-8-9(16)7-10(15)11(17)18/h9-10,14,16H,2-8H2,1H3,(H,17,18)/t9?,10-,13?/m0/s1. The molecule has 3 N–H and O–H groups in total. The van der Waals surface area contributed by atoms with E-state index in [-0.39, 0.29) is 18.9 Å². The Labute approximate surface area is 112 Å². The van der Waals surface area contributed by atoms with E-state index in [0.717, 1.165) is 25.8 Å². The van der Waals surface area contributed by atoms with Crippen molar-refractivity contribution >= 4 is 11.9 Å². The fraction of sp³-hybridized carbons (Fsp3) is 0.846. The monoisotopic (exact) mass is 270 g/mol. The Morgan fingerprint density at radius 2 is 2.21 bits per heavy atom. The van der Waals surface area contributed by atoms with Crippen LogP contribution in [0.1, 0.15) is 39.0 Å². The number of aliphatic hydroxyl groups excluding tert-OH is 1. The maximum absolute atomic E-state index is 12.7. The molecule has 2 rings (SSSR count). The van der Waals surface area contributed by atoms with Crippen LogP contribution in [0.5, 0.6) is 0 Å². The molecule has 0 radical (unpaired) electrons. The van der Waals surface area contributed by atoms with Gasteiger partial charge in [0, 0.05) is 13.0 Å². The predicted molar refractivity (Wildman–Crippen MR) is 68.6 cm³/mol. The lowest BCUT2D eigenvalue weighted by atomic mass is 9.90. The van der Waals surface area contributed by atoms with Gasteiger partial charge in [-0.1, -0.05) is 13.3 Å². The first-order valence-corrected chi connectivity index (χ1v) is 6.97. The second-order valence-electron chi connectivity index (χ2n) is 5.56. The summed E-state index contributed by atoms with van der Waals surface area (Å²) in [7, 11) is 0. The summed E-state index contributed by atoms with van der Waals surface area (Å²) in [6.45, 7) is 2.94. The number of aliphatic hydroxyl groups is 1. The van der Waals surface area contributed by atoms with Crippen molar-refractivity contribution < 1.29 is 19.8 Å². The third-order valence-electron chi connectivity index (χ3n) is 4.15. The Hall–Kier alpha value is -1.14. The lowest BCUT2D eigenvalue weighted by molar-refractivity contribution is -0.151. The molecular weight excluding hydrogens is 248 g/mol. The van der Waals surface area contributed by atoms with E-state index in [0.29, 0.717) is 6.42 Å². The van der Waals surface area contributed by atoms with E-state index in [9.17, 15) is 19.8 Å². The van der Waals surface area contributed by atoms with Crippen LogP contribution in [0.25, 0.3) is 0 Å². The molecule has 0 aromatic heterocycles. The van der Waals surface area contributed by atoms with Crippen LogP contribution in [0.2, 0.25) is 0 Å².